The van der Waals surface area contributed by atoms with E-state index >= 15 is 0 Å². The van der Waals surface area contributed by atoms with Crippen molar-refractivity contribution in [2.24, 2.45) is 5.10 Å². The number of hydrogen-bond donors (Lipinski definition) is 1. The largest absolute Gasteiger partial charge is 0.485 e. The van der Waals surface area contributed by atoms with E-state index < -0.39 is 0 Å². The van der Waals surface area contributed by atoms with Crippen LogP contribution in [0.4, 0.5) is 0 Å². The molecule has 1 aromatic heterocycles. The fraction of sp³-hybridized carbons (Fsp3) is 0.0952. The summed E-state index contributed by atoms with van der Waals surface area (Å²) in [6.07, 6.45) is 3.61. The number of aromatic nitrogens is 1. The van der Waals surface area contributed by atoms with Crippen LogP contribution < -0.4 is 10.2 Å². The average molecular weight is 343 g/mol. The Morgan fingerprint density at radius 1 is 1.00 bits per heavy atom. The van der Waals surface area contributed by atoms with Gasteiger partial charge in [0.1, 0.15) is 11.9 Å². The molecular formula is C21H17N3O2. The van der Waals surface area contributed by atoms with Crippen molar-refractivity contribution in [2.45, 2.75) is 12.5 Å². The predicted octanol–water partition coefficient (Wildman–Crippen LogP) is 3.74. The van der Waals surface area contributed by atoms with Crippen LogP contribution in [-0.2, 0) is 0 Å². The lowest BCUT2D eigenvalue weighted by atomic mass is 9.96. The molecule has 0 radical (unpaired) electrons. The van der Waals surface area contributed by atoms with Crippen molar-refractivity contribution < 1.29 is 9.53 Å². The third-order valence-corrected chi connectivity index (χ3v) is 4.25. The molecule has 0 saturated heterocycles. The highest BCUT2D eigenvalue weighted by atomic mass is 16.5. The standard InChI is InChI=1S/C21H17N3O2/c25-21(16-10-12-22-13-11-16)24-23-18-14-20(15-6-2-1-3-7-15)26-19-9-5-4-8-17(18)19/h1-13,20H,14H2,(H,24,25)/b23-18-. The molecule has 0 aliphatic carbocycles. The van der Waals surface area contributed by atoms with E-state index in [1.165, 1.54) is 0 Å². The van der Waals surface area contributed by atoms with Gasteiger partial charge in [-0.1, -0.05) is 42.5 Å². The summed E-state index contributed by atoms with van der Waals surface area (Å²) >= 11 is 0. The molecule has 128 valence electrons. The number of rotatable bonds is 3. The Hall–Kier alpha value is -3.47. The third kappa shape index (κ3) is 3.32. The molecule has 1 aliphatic heterocycles. The van der Waals surface area contributed by atoms with Gasteiger partial charge in [0.25, 0.3) is 5.91 Å². The number of hydrogen-bond acceptors (Lipinski definition) is 4. The first-order valence-electron chi connectivity index (χ1n) is 8.39. The Bertz CT molecular complexity index is 940. The SMILES string of the molecule is O=C(N/N=C1/CC(c2ccccc2)Oc2ccccc21)c1ccncc1. The number of benzene rings is 2. The minimum Gasteiger partial charge on any atom is -0.485 e. The Balaban J connectivity index is 1.62. The topological polar surface area (TPSA) is 63.6 Å². The first-order chi connectivity index (χ1) is 12.8. The van der Waals surface area contributed by atoms with E-state index in [2.05, 4.69) is 15.5 Å². The fourth-order valence-electron chi connectivity index (χ4n) is 2.93. The van der Waals surface area contributed by atoms with E-state index in [-0.39, 0.29) is 12.0 Å². The summed E-state index contributed by atoms with van der Waals surface area (Å²) in [5.74, 6) is 0.504. The second-order valence-electron chi connectivity index (χ2n) is 5.95. The molecule has 3 aromatic rings. The number of ether oxygens (including phenoxy) is 1. The number of hydrazone groups is 1. The number of nitrogens with zero attached hydrogens (tertiary/aromatic N) is 2. The molecule has 5 nitrogen and oxygen atoms in total. The Morgan fingerprint density at radius 2 is 1.73 bits per heavy atom. The summed E-state index contributed by atoms with van der Waals surface area (Å²) < 4.78 is 6.14. The number of carbonyl (C=O) groups is 1. The predicted molar refractivity (Wildman–Crippen MR) is 99.1 cm³/mol. The first kappa shape index (κ1) is 16.0. The van der Waals surface area contributed by atoms with Gasteiger partial charge in [-0.05, 0) is 29.8 Å². The fourth-order valence-corrected chi connectivity index (χ4v) is 2.93. The van der Waals surface area contributed by atoms with Crippen LogP contribution in [0.15, 0.2) is 84.2 Å². The quantitative estimate of drug-likeness (QED) is 0.737. The Kier molecular flexibility index (Phi) is 4.43. The molecule has 26 heavy (non-hydrogen) atoms. The van der Waals surface area contributed by atoms with Crippen molar-refractivity contribution >= 4 is 11.6 Å². The van der Waals surface area contributed by atoms with E-state index in [0.29, 0.717) is 12.0 Å². The molecule has 1 amide bonds. The second-order valence-corrected chi connectivity index (χ2v) is 5.95. The molecule has 0 saturated carbocycles. The maximum Gasteiger partial charge on any atom is 0.271 e. The molecule has 1 N–H and O–H groups in total. The molecule has 1 atom stereocenters. The number of fused-ring (bicyclic) bond motifs is 1. The minimum absolute atomic E-state index is 0.136. The molecule has 5 heteroatoms. The summed E-state index contributed by atoms with van der Waals surface area (Å²) in [5, 5.41) is 4.39. The molecule has 0 spiro atoms. The van der Waals surface area contributed by atoms with Crippen LogP contribution in [0.25, 0.3) is 0 Å². The number of carbonyl (C=O) groups excluding carboxylic acids is 1. The summed E-state index contributed by atoms with van der Waals surface area (Å²) in [5.41, 5.74) is 5.94. The molecule has 2 heterocycles. The van der Waals surface area contributed by atoms with Crippen LogP contribution in [0, 0.1) is 0 Å². The van der Waals surface area contributed by atoms with Crippen molar-refractivity contribution in [1.29, 1.82) is 0 Å². The third-order valence-electron chi connectivity index (χ3n) is 4.25. The van der Waals surface area contributed by atoms with Crippen LogP contribution in [0.5, 0.6) is 5.75 Å². The van der Waals surface area contributed by atoms with Gasteiger partial charge in [-0.15, -0.1) is 0 Å². The average Bonchev–Trinajstić information content (AvgIpc) is 2.73. The molecule has 2 aromatic carbocycles. The van der Waals surface area contributed by atoms with Crippen molar-refractivity contribution in [3.63, 3.8) is 0 Å². The minimum atomic E-state index is -0.264. The Labute approximate surface area is 151 Å². The smallest absolute Gasteiger partial charge is 0.271 e. The van der Waals surface area contributed by atoms with Crippen LogP contribution in [-0.4, -0.2) is 16.6 Å². The van der Waals surface area contributed by atoms with Gasteiger partial charge in [-0.2, -0.15) is 5.10 Å². The Morgan fingerprint density at radius 3 is 2.54 bits per heavy atom. The first-order valence-corrected chi connectivity index (χ1v) is 8.39. The number of pyridine rings is 1. The van der Waals surface area contributed by atoms with Crippen LogP contribution in [0.1, 0.15) is 34.0 Å². The zero-order chi connectivity index (χ0) is 17.8. The summed E-state index contributed by atoms with van der Waals surface area (Å²) in [7, 11) is 0. The summed E-state index contributed by atoms with van der Waals surface area (Å²) in [6, 6.07) is 21.1. The molecular weight excluding hydrogens is 326 g/mol. The van der Waals surface area contributed by atoms with Crippen molar-refractivity contribution in [3.05, 3.63) is 95.8 Å². The highest BCUT2D eigenvalue weighted by molar-refractivity contribution is 6.05. The lowest BCUT2D eigenvalue weighted by Crippen LogP contribution is -2.25. The maximum absolute atomic E-state index is 12.3. The highest BCUT2D eigenvalue weighted by Gasteiger charge is 2.26. The van der Waals surface area contributed by atoms with Gasteiger partial charge < -0.3 is 4.74 Å². The number of para-hydroxylation sites is 1. The summed E-state index contributed by atoms with van der Waals surface area (Å²) in [6.45, 7) is 0. The van der Waals surface area contributed by atoms with Gasteiger partial charge in [0.2, 0.25) is 0 Å². The highest BCUT2D eigenvalue weighted by Crippen LogP contribution is 2.34. The molecule has 1 unspecified atom stereocenters. The molecule has 4 rings (SSSR count). The van der Waals surface area contributed by atoms with Gasteiger partial charge in [0.05, 0.1) is 5.71 Å². The van der Waals surface area contributed by atoms with Gasteiger partial charge in [-0.3, -0.25) is 9.78 Å². The van der Waals surface area contributed by atoms with Gasteiger partial charge in [-0.25, -0.2) is 5.43 Å². The van der Waals surface area contributed by atoms with Gasteiger partial charge >= 0.3 is 0 Å². The normalized spacial score (nSPS) is 17.2. The van der Waals surface area contributed by atoms with Gasteiger partial charge in [0.15, 0.2) is 0 Å². The zero-order valence-electron chi connectivity index (χ0n) is 14.0. The summed E-state index contributed by atoms with van der Waals surface area (Å²) in [4.78, 5) is 16.2. The lowest BCUT2D eigenvalue weighted by Gasteiger charge is -2.27. The van der Waals surface area contributed by atoms with E-state index in [1.807, 2.05) is 54.6 Å². The van der Waals surface area contributed by atoms with E-state index in [1.54, 1.807) is 24.5 Å². The van der Waals surface area contributed by atoms with E-state index in [9.17, 15) is 4.79 Å². The van der Waals surface area contributed by atoms with Crippen molar-refractivity contribution in [2.75, 3.05) is 0 Å². The van der Waals surface area contributed by atoms with Crippen LogP contribution in [0.3, 0.4) is 0 Å². The molecule has 0 fully saturated rings. The lowest BCUT2D eigenvalue weighted by molar-refractivity contribution is 0.0954. The zero-order valence-corrected chi connectivity index (χ0v) is 14.0. The number of amides is 1. The monoisotopic (exact) mass is 343 g/mol. The van der Waals surface area contributed by atoms with E-state index in [0.717, 1.165) is 22.6 Å². The maximum atomic E-state index is 12.3. The van der Waals surface area contributed by atoms with Crippen molar-refractivity contribution in [1.82, 2.24) is 10.4 Å². The van der Waals surface area contributed by atoms with Crippen LogP contribution >= 0.6 is 0 Å². The molecule has 1 aliphatic rings. The van der Waals surface area contributed by atoms with Crippen molar-refractivity contribution in [3.8, 4) is 5.75 Å². The van der Waals surface area contributed by atoms with Gasteiger partial charge in [0, 0.05) is 29.9 Å². The molecule has 0 bridgehead atoms. The van der Waals surface area contributed by atoms with E-state index in [4.69, 9.17) is 4.74 Å². The second kappa shape index (κ2) is 7.19. The van der Waals surface area contributed by atoms with Crippen LogP contribution in [0.2, 0.25) is 0 Å². The number of nitrogens with one attached hydrogen (secondary N) is 1.